The minimum absolute atomic E-state index is 0.0665. The molecule has 4 heteroatoms. The maximum absolute atomic E-state index is 13.5. The lowest BCUT2D eigenvalue weighted by molar-refractivity contribution is -0.142. The number of aryl methyl sites for hydroxylation is 1. The molecule has 15 heavy (non-hydrogen) atoms. The molecule has 0 aliphatic carbocycles. The van der Waals surface area contributed by atoms with Crippen molar-refractivity contribution < 1.29 is 13.9 Å². The van der Waals surface area contributed by atoms with E-state index in [9.17, 15) is 9.18 Å². The smallest absolute Gasteiger partial charge is 0.310 e. The molecule has 1 aromatic carbocycles. The van der Waals surface area contributed by atoms with Crippen LogP contribution in [0.3, 0.4) is 0 Å². The Hall–Kier alpha value is -1.09. The van der Waals surface area contributed by atoms with Crippen LogP contribution in [0, 0.1) is 12.7 Å². The molecule has 0 bridgehead atoms. The highest BCUT2D eigenvalue weighted by Gasteiger charge is 2.12. The summed E-state index contributed by atoms with van der Waals surface area (Å²) in [6, 6.07) is 3.23. The van der Waals surface area contributed by atoms with Crippen LogP contribution < -0.4 is 0 Å². The van der Waals surface area contributed by atoms with Gasteiger partial charge in [-0.3, -0.25) is 4.79 Å². The molecule has 0 unspecified atom stereocenters. The number of benzene rings is 1. The molecule has 0 fully saturated rings. The van der Waals surface area contributed by atoms with Gasteiger partial charge in [0.25, 0.3) is 0 Å². The lowest BCUT2D eigenvalue weighted by atomic mass is 10.1. The first-order valence-corrected chi connectivity index (χ1v) is 5.03. The van der Waals surface area contributed by atoms with Crippen LogP contribution in [0.15, 0.2) is 12.1 Å². The van der Waals surface area contributed by atoms with Gasteiger partial charge in [0.1, 0.15) is 5.82 Å². The van der Waals surface area contributed by atoms with Gasteiger partial charge in [-0.15, -0.1) is 0 Å². The van der Waals surface area contributed by atoms with Gasteiger partial charge in [-0.25, -0.2) is 4.39 Å². The Morgan fingerprint density at radius 3 is 2.80 bits per heavy atom. The highest BCUT2D eigenvalue weighted by atomic mass is 35.5. The summed E-state index contributed by atoms with van der Waals surface area (Å²) in [7, 11) is 0. The first-order chi connectivity index (χ1) is 7.06. The summed E-state index contributed by atoms with van der Waals surface area (Å²) in [6.45, 7) is 3.70. The molecule has 82 valence electrons. The second-order valence-electron chi connectivity index (χ2n) is 3.15. The van der Waals surface area contributed by atoms with Crippen molar-refractivity contribution in [2.75, 3.05) is 6.61 Å². The third-order valence-electron chi connectivity index (χ3n) is 2.00. The predicted molar refractivity (Wildman–Crippen MR) is 56.5 cm³/mol. The molecule has 0 saturated carbocycles. The van der Waals surface area contributed by atoms with Gasteiger partial charge in [-0.2, -0.15) is 0 Å². The van der Waals surface area contributed by atoms with Crippen molar-refractivity contribution in [1.82, 2.24) is 0 Å². The van der Waals surface area contributed by atoms with Crippen LogP contribution in [0.25, 0.3) is 0 Å². The van der Waals surface area contributed by atoms with Crippen LogP contribution in [-0.4, -0.2) is 12.6 Å². The molecule has 0 amide bonds. The Kier molecular flexibility index (Phi) is 4.09. The molecule has 0 aliphatic heterocycles. The lowest BCUT2D eigenvalue weighted by Gasteiger charge is -2.06. The van der Waals surface area contributed by atoms with E-state index in [1.54, 1.807) is 26.0 Å². The summed E-state index contributed by atoms with van der Waals surface area (Å²) >= 11 is 5.72. The Balaban J connectivity index is 2.87. The molecule has 0 saturated heterocycles. The maximum atomic E-state index is 13.5. The Morgan fingerprint density at radius 1 is 1.53 bits per heavy atom. The molecule has 0 atom stereocenters. The normalized spacial score (nSPS) is 10.1. The summed E-state index contributed by atoms with van der Waals surface area (Å²) < 4.78 is 18.2. The zero-order valence-corrected chi connectivity index (χ0v) is 9.40. The van der Waals surface area contributed by atoms with E-state index >= 15 is 0 Å². The number of carbonyl (C=O) groups is 1. The molecular weight excluding hydrogens is 219 g/mol. The van der Waals surface area contributed by atoms with Gasteiger partial charge < -0.3 is 4.74 Å². The van der Waals surface area contributed by atoms with Crippen molar-refractivity contribution in [2.24, 2.45) is 0 Å². The van der Waals surface area contributed by atoms with Gasteiger partial charge in [0.05, 0.1) is 18.1 Å². The monoisotopic (exact) mass is 230 g/mol. The van der Waals surface area contributed by atoms with E-state index < -0.39 is 11.8 Å². The number of rotatable bonds is 3. The molecular formula is C11H12ClFO2. The zero-order valence-electron chi connectivity index (χ0n) is 8.64. The van der Waals surface area contributed by atoms with E-state index in [1.165, 1.54) is 0 Å². The molecule has 0 heterocycles. The van der Waals surface area contributed by atoms with Crippen molar-refractivity contribution in [1.29, 1.82) is 0 Å². The Labute approximate surface area is 93.0 Å². The quantitative estimate of drug-likeness (QED) is 0.747. The van der Waals surface area contributed by atoms with Crippen molar-refractivity contribution in [3.05, 3.63) is 34.1 Å². The second-order valence-corrected chi connectivity index (χ2v) is 3.53. The number of esters is 1. The standard InChI is InChI=1S/C11H12ClFO2/c1-3-15-9(14)6-8-5-4-7(2)10(12)11(8)13/h4-5H,3,6H2,1-2H3. The summed E-state index contributed by atoms with van der Waals surface area (Å²) in [5.41, 5.74) is 0.922. The van der Waals surface area contributed by atoms with Crippen LogP contribution >= 0.6 is 11.6 Å². The minimum atomic E-state index is -0.537. The third-order valence-corrected chi connectivity index (χ3v) is 2.46. The summed E-state index contributed by atoms with van der Waals surface area (Å²) in [6.07, 6.45) is -0.0837. The fraction of sp³-hybridized carbons (Fsp3) is 0.364. The average molecular weight is 231 g/mol. The van der Waals surface area contributed by atoms with Gasteiger partial charge in [-0.05, 0) is 19.4 Å². The maximum Gasteiger partial charge on any atom is 0.310 e. The second kappa shape index (κ2) is 5.12. The van der Waals surface area contributed by atoms with Gasteiger partial charge in [0.2, 0.25) is 0 Å². The van der Waals surface area contributed by atoms with Gasteiger partial charge in [0.15, 0.2) is 0 Å². The minimum Gasteiger partial charge on any atom is -0.466 e. The predicted octanol–water partition coefficient (Wildman–Crippen LogP) is 2.89. The Morgan fingerprint density at radius 2 is 2.20 bits per heavy atom. The molecule has 1 aromatic rings. The molecule has 0 N–H and O–H groups in total. The SMILES string of the molecule is CCOC(=O)Cc1ccc(C)c(Cl)c1F. The highest BCUT2D eigenvalue weighted by Crippen LogP contribution is 2.22. The molecule has 0 aromatic heterocycles. The Bertz CT molecular complexity index is 377. The molecule has 0 aliphatic rings. The number of hydrogen-bond acceptors (Lipinski definition) is 2. The van der Waals surface area contributed by atoms with Crippen molar-refractivity contribution >= 4 is 17.6 Å². The van der Waals surface area contributed by atoms with Crippen LogP contribution in [-0.2, 0) is 16.0 Å². The van der Waals surface area contributed by atoms with Crippen LogP contribution in [0.5, 0.6) is 0 Å². The molecule has 0 radical (unpaired) electrons. The summed E-state index contributed by atoms with van der Waals surface area (Å²) in [5.74, 6) is -0.985. The van der Waals surface area contributed by atoms with E-state index in [-0.39, 0.29) is 17.0 Å². The first-order valence-electron chi connectivity index (χ1n) is 4.65. The number of carbonyl (C=O) groups excluding carboxylic acids is 1. The van der Waals surface area contributed by atoms with Gasteiger partial charge in [0, 0.05) is 5.56 Å². The van der Waals surface area contributed by atoms with E-state index in [1.807, 2.05) is 0 Å². The summed E-state index contributed by atoms with van der Waals surface area (Å²) in [4.78, 5) is 11.1. The van der Waals surface area contributed by atoms with E-state index in [2.05, 4.69) is 0 Å². The first kappa shape index (κ1) is 12.0. The van der Waals surface area contributed by atoms with Gasteiger partial charge >= 0.3 is 5.97 Å². The summed E-state index contributed by atoms with van der Waals surface area (Å²) in [5, 5.41) is 0.0665. The topological polar surface area (TPSA) is 26.3 Å². The fourth-order valence-electron chi connectivity index (χ4n) is 1.19. The van der Waals surface area contributed by atoms with E-state index in [0.717, 1.165) is 0 Å². The van der Waals surface area contributed by atoms with Crippen molar-refractivity contribution in [3.63, 3.8) is 0 Å². The molecule has 2 nitrogen and oxygen atoms in total. The molecule has 1 rings (SSSR count). The average Bonchev–Trinajstić information content (AvgIpc) is 2.20. The van der Waals surface area contributed by atoms with Crippen LogP contribution in [0.1, 0.15) is 18.1 Å². The van der Waals surface area contributed by atoms with Gasteiger partial charge in [-0.1, -0.05) is 23.7 Å². The zero-order chi connectivity index (χ0) is 11.4. The van der Waals surface area contributed by atoms with E-state index in [4.69, 9.17) is 16.3 Å². The van der Waals surface area contributed by atoms with Crippen molar-refractivity contribution in [2.45, 2.75) is 20.3 Å². The fourth-order valence-corrected chi connectivity index (χ4v) is 1.37. The number of hydrogen-bond donors (Lipinski definition) is 0. The third kappa shape index (κ3) is 2.93. The molecule has 0 spiro atoms. The largest absolute Gasteiger partial charge is 0.466 e. The van der Waals surface area contributed by atoms with Crippen molar-refractivity contribution in [3.8, 4) is 0 Å². The lowest BCUT2D eigenvalue weighted by Crippen LogP contribution is -2.09. The number of halogens is 2. The highest BCUT2D eigenvalue weighted by molar-refractivity contribution is 6.31. The van der Waals surface area contributed by atoms with Crippen LogP contribution in [0.2, 0.25) is 5.02 Å². The van der Waals surface area contributed by atoms with E-state index in [0.29, 0.717) is 12.2 Å². The number of ether oxygens (including phenoxy) is 1. The van der Waals surface area contributed by atoms with Crippen LogP contribution in [0.4, 0.5) is 4.39 Å².